The quantitative estimate of drug-likeness (QED) is 0.330. The number of hydrogen-bond donors (Lipinski definition) is 3. The third-order valence-electron chi connectivity index (χ3n) is 5.89. The second-order valence-corrected chi connectivity index (χ2v) is 8.77. The molecule has 1 unspecified atom stereocenters. The maximum absolute atomic E-state index is 12.8. The minimum absolute atomic E-state index is 0.0424. The molecule has 1 aromatic heterocycles. The Labute approximate surface area is 200 Å². The van der Waals surface area contributed by atoms with Crippen molar-refractivity contribution in [3.63, 3.8) is 0 Å². The fraction of sp³-hybridized carbons (Fsp3) is 0.625. The molecule has 188 valence electrons. The van der Waals surface area contributed by atoms with Gasteiger partial charge >= 0.3 is 12.0 Å². The predicted molar refractivity (Wildman–Crippen MR) is 125 cm³/mol. The van der Waals surface area contributed by atoms with Gasteiger partial charge in [-0.15, -0.1) is 0 Å². The average Bonchev–Trinajstić information content (AvgIpc) is 3.33. The largest absolute Gasteiger partial charge is 0.467 e. The first-order valence-corrected chi connectivity index (χ1v) is 12.0. The van der Waals surface area contributed by atoms with E-state index in [0.29, 0.717) is 62.7 Å². The minimum atomic E-state index is -0.721. The highest BCUT2D eigenvalue weighted by Crippen LogP contribution is 2.29. The zero-order chi connectivity index (χ0) is 24.5. The van der Waals surface area contributed by atoms with Crippen molar-refractivity contribution in [3.8, 4) is 0 Å². The molecule has 0 spiro atoms. The normalized spacial score (nSPS) is 19.6. The molecule has 34 heavy (non-hydrogen) atoms. The highest BCUT2D eigenvalue weighted by molar-refractivity contribution is 5.95. The molecule has 3 rings (SSSR count). The smallest absolute Gasteiger partial charge is 0.338 e. The molecular formula is C24H36N4O6. The number of likely N-dealkylation sites (tertiary alicyclic amines) is 1. The summed E-state index contributed by atoms with van der Waals surface area (Å²) in [5, 5.41) is 8.53. The van der Waals surface area contributed by atoms with Gasteiger partial charge in [-0.05, 0) is 65.3 Å². The van der Waals surface area contributed by atoms with Crippen LogP contribution < -0.4 is 16.0 Å². The lowest BCUT2D eigenvalue weighted by molar-refractivity contribution is -0.139. The molecule has 1 atom stereocenters. The van der Waals surface area contributed by atoms with Crippen molar-refractivity contribution in [2.45, 2.75) is 52.2 Å². The second-order valence-electron chi connectivity index (χ2n) is 8.77. The van der Waals surface area contributed by atoms with E-state index in [0.717, 1.165) is 6.42 Å². The maximum atomic E-state index is 12.8. The van der Waals surface area contributed by atoms with Crippen LogP contribution in [0.15, 0.2) is 34.1 Å². The summed E-state index contributed by atoms with van der Waals surface area (Å²) in [4.78, 5) is 39.8. The van der Waals surface area contributed by atoms with E-state index in [9.17, 15) is 14.4 Å². The Bertz CT molecular complexity index is 859. The van der Waals surface area contributed by atoms with Crippen LogP contribution in [-0.2, 0) is 19.1 Å². The molecule has 2 aliphatic heterocycles. The summed E-state index contributed by atoms with van der Waals surface area (Å²) in [6, 6.07) is 2.30. The lowest BCUT2D eigenvalue weighted by atomic mass is 9.95. The van der Waals surface area contributed by atoms with Crippen LogP contribution in [0.25, 0.3) is 0 Å². The summed E-state index contributed by atoms with van der Waals surface area (Å²) in [6.07, 6.45) is 3.91. The highest BCUT2D eigenvalue weighted by Gasteiger charge is 2.36. The monoisotopic (exact) mass is 476 g/mol. The van der Waals surface area contributed by atoms with Gasteiger partial charge in [0.05, 0.1) is 24.5 Å². The molecule has 0 saturated carbocycles. The first kappa shape index (κ1) is 25.8. The summed E-state index contributed by atoms with van der Waals surface area (Å²) in [6.45, 7) is 8.92. The molecule has 1 fully saturated rings. The van der Waals surface area contributed by atoms with Gasteiger partial charge in [0.1, 0.15) is 11.8 Å². The van der Waals surface area contributed by atoms with Gasteiger partial charge in [-0.2, -0.15) is 0 Å². The molecule has 10 heteroatoms. The van der Waals surface area contributed by atoms with E-state index in [-0.39, 0.29) is 24.5 Å². The summed E-state index contributed by atoms with van der Waals surface area (Å²) in [5.74, 6) is -0.00498. The molecule has 0 aliphatic carbocycles. The number of ether oxygens (including phenoxy) is 2. The number of furan rings is 1. The predicted octanol–water partition coefficient (Wildman–Crippen LogP) is 2.09. The van der Waals surface area contributed by atoms with Crippen LogP contribution in [0, 0.1) is 5.92 Å². The van der Waals surface area contributed by atoms with E-state index in [1.54, 1.807) is 19.1 Å². The van der Waals surface area contributed by atoms with Crippen molar-refractivity contribution in [1.82, 2.24) is 20.9 Å². The van der Waals surface area contributed by atoms with E-state index in [1.165, 1.54) is 6.26 Å². The summed E-state index contributed by atoms with van der Waals surface area (Å²) < 4.78 is 16.2. The molecule has 3 N–H and O–H groups in total. The lowest BCUT2D eigenvalue weighted by Crippen LogP contribution is -2.49. The number of piperidine rings is 1. The number of nitrogens with zero attached hydrogens (tertiary/aromatic N) is 1. The molecule has 0 aromatic carbocycles. The van der Waals surface area contributed by atoms with Gasteiger partial charge in [0, 0.05) is 31.3 Å². The topological polar surface area (TPSA) is 122 Å². The van der Waals surface area contributed by atoms with Gasteiger partial charge in [0.2, 0.25) is 5.91 Å². The summed E-state index contributed by atoms with van der Waals surface area (Å²) >= 11 is 0. The number of nitrogens with one attached hydrogen (secondary N) is 3. The number of hydrogen-bond acceptors (Lipinski definition) is 7. The third kappa shape index (κ3) is 7.07. The summed E-state index contributed by atoms with van der Waals surface area (Å²) in [5.41, 5.74) is 0.830. The molecule has 3 heterocycles. The first-order valence-electron chi connectivity index (χ1n) is 12.0. The van der Waals surface area contributed by atoms with E-state index >= 15 is 0 Å². The molecule has 1 aromatic rings. The van der Waals surface area contributed by atoms with Crippen molar-refractivity contribution >= 4 is 17.9 Å². The number of esters is 1. The number of carbonyl (C=O) groups is 3. The molecule has 0 radical (unpaired) electrons. The lowest BCUT2D eigenvalue weighted by Gasteiger charge is -2.34. The Morgan fingerprint density at radius 1 is 1.29 bits per heavy atom. The van der Waals surface area contributed by atoms with Crippen molar-refractivity contribution in [2.24, 2.45) is 5.92 Å². The van der Waals surface area contributed by atoms with Crippen LogP contribution >= 0.6 is 0 Å². The molecule has 2 aliphatic rings. The van der Waals surface area contributed by atoms with Gasteiger partial charge in [0.25, 0.3) is 0 Å². The molecule has 3 amide bonds. The zero-order valence-corrected chi connectivity index (χ0v) is 20.2. The molecule has 10 nitrogen and oxygen atoms in total. The van der Waals surface area contributed by atoms with Crippen LogP contribution in [0.5, 0.6) is 0 Å². The van der Waals surface area contributed by atoms with E-state index in [4.69, 9.17) is 13.9 Å². The number of amides is 3. The van der Waals surface area contributed by atoms with Crippen molar-refractivity contribution in [3.05, 3.63) is 35.4 Å². The second kappa shape index (κ2) is 12.6. The van der Waals surface area contributed by atoms with Crippen molar-refractivity contribution in [2.75, 3.05) is 39.4 Å². The van der Waals surface area contributed by atoms with Crippen LogP contribution in [0.3, 0.4) is 0 Å². The van der Waals surface area contributed by atoms with Crippen molar-refractivity contribution in [1.29, 1.82) is 0 Å². The van der Waals surface area contributed by atoms with Gasteiger partial charge in [-0.3, -0.25) is 9.69 Å². The van der Waals surface area contributed by atoms with E-state index < -0.39 is 18.0 Å². The SMILES string of the molecule is CCOC(=O)C1=C(CN2CCC(C(=O)NCCCOC(C)C)CC2)NC(=O)NC1c1ccco1. The van der Waals surface area contributed by atoms with Crippen molar-refractivity contribution < 1.29 is 28.3 Å². The number of carbonyl (C=O) groups excluding carboxylic acids is 3. The Balaban J connectivity index is 1.59. The third-order valence-corrected chi connectivity index (χ3v) is 5.89. The Morgan fingerprint density at radius 3 is 2.71 bits per heavy atom. The first-order chi connectivity index (χ1) is 16.4. The Kier molecular flexibility index (Phi) is 9.52. The standard InChI is InChI=1S/C24H36N4O6/c1-4-32-23(30)20-18(26-24(31)27-21(20)19-7-5-13-34-19)15-28-11-8-17(9-12-28)22(29)25-10-6-14-33-16(2)3/h5,7,13,16-17,21H,4,6,8-12,14-15H2,1-3H3,(H,25,29)(H2,26,27,31). The minimum Gasteiger partial charge on any atom is -0.467 e. The van der Waals surface area contributed by atoms with Gasteiger partial charge < -0.3 is 29.8 Å². The highest BCUT2D eigenvalue weighted by atomic mass is 16.5. The average molecular weight is 477 g/mol. The number of rotatable bonds is 11. The van der Waals surface area contributed by atoms with Gasteiger partial charge in [0.15, 0.2) is 0 Å². The fourth-order valence-corrected chi connectivity index (χ4v) is 4.19. The maximum Gasteiger partial charge on any atom is 0.338 e. The Morgan fingerprint density at radius 2 is 2.06 bits per heavy atom. The number of urea groups is 1. The van der Waals surface area contributed by atoms with Crippen LogP contribution in [0.1, 0.15) is 51.8 Å². The Hall–Kier alpha value is -2.85. The van der Waals surface area contributed by atoms with E-state index in [1.807, 2.05) is 13.8 Å². The van der Waals surface area contributed by atoms with Gasteiger partial charge in [-0.1, -0.05) is 0 Å². The van der Waals surface area contributed by atoms with Crippen LogP contribution in [0.2, 0.25) is 0 Å². The van der Waals surface area contributed by atoms with Crippen LogP contribution in [-0.4, -0.2) is 68.3 Å². The molecule has 1 saturated heterocycles. The molecular weight excluding hydrogens is 440 g/mol. The van der Waals surface area contributed by atoms with E-state index in [2.05, 4.69) is 20.9 Å². The summed E-state index contributed by atoms with van der Waals surface area (Å²) in [7, 11) is 0. The van der Waals surface area contributed by atoms with Crippen LogP contribution in [0.4, 0.5) is 4.79 Å². The molecule has 0 bridgehead atoms. The zero-order valence-electron chi connectivity index (χ0n) is 20.2. The fourth-order valence-electron chi connectivity index (χ4n) is 4.19. The van der Waals surface area contributed by atoms with Gasteiger partial charge in [-0.25, -0.2) is 9.59 Å².